The molecule has 3 aromatic rings. The van der Waals surface area contributed by atoms with Crippen LogP contribution < -0.4 is 0 Å². The summed E-state index contributed by atoms with van der Waals surface area (Å²) in [6.45, 7) is 1.15. The number of carbonyl (C=O) groups is 1. The SMILES string of the molecule is O=C(c1ccc2cc[nH]c2c1)N1CCC(O)(Cc2ccncc2)CC1. The van der Waals surface area contributed by atoms with E-state index in [1.54, 1.807) is 12.4 Å². The molecule has 0 radical (unpaired) electrons. The van der Waals surface area contributed by atoms with Crippen molar-refractivity contribution in [1.82, 2.24) is 14.9 Å². The van der Waals surface area contributed by atoms with Gasteiger partial charge in [0, 0.05) is 49.2 Å². The van der Waals surface area contributed by atoms with E-state index in [0.717, 1.165) is 16.5 Å². The van der Waals surface area contributed by atoms with Crippen molar-refractivity contribution in [1.29, 1.82) is 0 Å². The average molecular weight is 335 g/mol. The number of aromatic nitrogens is 2. The Kier molecular flexibility index (Phi) is 4.01. The normalized spacial score (nSPS) is 16.9. The first-order valence-corrected chi connectivity index (χ1v) is 8.61. The fraction of sp³-hybridized carbons (Fsp3) is 0.300. The Bertz CT molecular complexity index is 880. The highest BCUT2D eigenvalue weighted by Gasteiger charge is 2.34. The molecule has 0 spiro atoms. The molecule has 2 aromatic heterocycles. The Labute approximate surface area is 146 Å². The third-order valence-corrected chi connectivity index (χ3v) is 5.07. The molecular weight excluding hydrogens is 314 g/mol. The van der Waals surface area contributed by atoms with Crippen molar-refractivity contribution in [3.8, 4) is 0 Å². The third-order valence-electron chi connectivity index (χ3n) is 5.07. The predicted octanol–water partition coefficient (Wildman–Crippen LogP) is 2.77. The molecule has 0 aliphatic carbocycles. The molecule has 0 saturated carbocycles. The second-order valence-corrected chi connectivity index (χ2v) is 6.83. The largest absolute Gasteiger partial charge is 0.389 e. The molecule has 1 amide bonds. The van der Waals surface area contributed by atoms with Crippen LogP contribution in [0.3, 0.4) is 0 Å². The van der Waals surface area contributed by atoms with Gasteiger partial charge in [0.1, 0.15) is 0 Å². The van der Waals surface area contributed by atoms with E-state index < -0.39 is 5.60 Å². The number of amides is 1. The highest BCUT2D eigenvalue weighted by molar-refractivity contribution is 5.98. The Balaban J connectivity index is 1.43. The van der Waals surface area contributed by atoms with Crippen LogP contribution in [0.5, 0.6) is 0 Å². The van der Waals surface area contributed by atoms with Gasteiger partial charge in [-0.3, -0.25) is 9.78 Å². The minimum atomic E-state index is -0.748. The van der Waals surface area contributed by atoms with Gasteiger partial charge in [-0.05, 0) is 54.1 Å². The lowest BCUT2D eigenvalue weighted by molar-refractivity contribution is -0.0162. The fourth-order valence-corrected chi connectivity index (χ4v) is 3.55. The molecule has 0 bridgehead atoms. The van der Waals surface area contributed by atoms with Crippen LogP contribution in [0.25, 0.3) is 10.9 Å². The van der Waals surface area contributed by atoms with Crippen LogP contribution in [0, 0.1) is 0 Å². The number of fused-ring (bicyclic) bond motifs is 1. The van der Waals surface area contributed by atoms with Crippen molar-refractivity contribution in [2.75, 3.05) is 13.1 Å². The minimum absolute atomic E-state index is 0.0301. The van der Waals surface area contributed by atoms with E-state index in [0.29, 0.717) is 37.9 Å². The molecule has 1 aliphatic heterocycles. The van der Waals surface area contributed by atoms with E-state index in [2.05, 4.69) is 9.97 Å². The van der Waals surface area contributed by atoms with Crippen molar-refractivity contribution in [2.24, 2.45) is 0 Å². The molecule has 1 saturated heterocycles. The van der Waals surface area contributed by atoms with E-state index in [-0.39, 0.29) is 5.91 Å². The van der Waals surface area contributed by atoms with Gasteiger partial charge in [-0.1, -0.05) is 6.07 Å². The second kappa shape index (κ2) is 6.33. The number of likely N-dealkylation sites (tertiary alicyclic amines) is 1. The quantitative estimate of drug-likeness (QED) is 0.773. The molecule has 25 heavy (non-hydrogen) atoms. The first-order valence-electron chi connectivity index (χ1n) is 8.61. The Morgan fingerprint density at radius 2 is 1.92 bits per heavy atom. The molecule has 1 aliphatic rings. The first-order chi connectivity index (χ1) is 12.1. The summed E-state index contributed by atoms with van der Waals surface area (Å²) in [4.78, 5) is 21.7. The predicted molar refractivity (Wildman–Crippen MR) is 96.3 cm³/mol. The van der Waals surface area contributed by atoms with Crippen LogP contribution in [-0.2, 0) is 6.42 Å². The molecule has 0 unspecified atom stereocenters. The van der Waals surface area contributed by atoms with Gasteiger partial charge < -0.3 is 15.0 Å². The zero-order valence-corrected chi connectivity index (χ0v) is 14.0. The number of hydrogen-bond acceptors (Lipinski definition) is 3. The molecule has 5 nitrogen and oxygen atoms in total. The second-order valence-electron chi connectivity index (χ2n) is 6.83. The lowest BCUT2D eigenvalue weighted by Crippen LogP contribution is -2.47. The Hall–Kier alpha value is -2.66. The monoisotopic (exact) mass is 335 g/mol. The summed E-state index contributed by atoms with van der Waals surface area (Å²) in [7, 11) is 0. The lowest BCUT2D eigenvalue weighted by atomic mass is 9.85. The molecular formula is C20H21N3O2. The lowest BCUT2D eigenvalue weighted by Gasteiger charge is -2.38. The van der Waals surface area contributed by atoms with Crippen LogP contribution in [-0.4, -0.2) is 44.6 Å². The highest BCUT2D eigenvalue weighted by Crippen LogP contribution is 2.27. The Morgan fingerprint density at radius 3 is 2.68 bits per heavy atom. The van der Waals surface area contributed by atoms with E-state index in [9.17, 15) is 9.90 Å². The van der Waals surface area contributed by atoms with Crippen molar-refractivity contribution in [3.05, 3.63) is 66.1 Å². The number of benzene rings is 1. The van der Waals surface area contributed by atoms with E-state index in [1.807, 2.05) is 47.5 Å². The number of aliphatic hydroxyl groups is 1. The molecule has 128 valence electrons. The van der Waals surface area contributed by atoms with Crippen molar-refractivity contribution in [2.45, 2.75) is 24.9 Å². The van der Waals surface area contributed by atoms with Gasteiger partial charge >= 0.3 is 0 Å². The third kappa shape index (κ3) is 3.28. The number of carbonyl (C=O) groups excluding carboxylic acids is 1. The number of rotatable bonds is 3. The van der Waals surface area contributed by atoms with Crippen LogP contribution in [0.1, 0.15) is 28.8 Å². The standard InChI is InChI=1S/C20H21N3O2/c24-19(17-2-1-16-5-10-22-18(16)13-17)23-11-6-20(25,7-12-23)14-15-3-8-21-9-4-15/h1-5,8-10,13,22,25H,6-7,11-12,14H2. The minimum Gasteiger partial charge on any atom is -0.389 e. The maximum Gasteiger partial charge on any atom is 0.253 e. The van der Waals surface area contributed by atoms with Gasteiger partial charge in [-0.15, -0.1) is 0 Å². The van der Waals surface area contributed by atoms with Crippen molar-refractivity contribution in [3.63, 3.8) is 0 Å². The summed E-state index contributed by atoms with van der Waals surface area (Å²) in [5.41, 5.74) is 1.99. The summed E-state index contributed by atoms with van der Waals surface area (Å²) in [6.07, 6.45) is 7.14. The summed E-state index contributed by atoms with van der Waals surface area (Å²) in [5.74, 6) is 0.0301. The number of pyridine rings is 1. The highest BCUT2D eigenvalue weighted by atomic mass is 16.3. The maximum absolute atomic E-state index is 12.8. The number of piperidine rings is 1. The molecule has 3 heterocycles. The fourth-order valence-electron chi connectivity index (χ4n) is 3.55. The number of hydrogen-bond donors (Lipinski definition) is 2. The first kappa shape index (κ1) is 15.8. The summed E-state index contributed by atoms with van der Waals surface area (Å²) >= 11 is 0. The topological polar surface area (TPSA) is 69.2 Å². The van der Waals surface area contributed by atoms with Gasteiger partial charge in [-0.2, -0.15) is 0 Å². The van der Waals surface area contributed by atoms with Gasteiger partial charge in [0.2, 0.25) is 0 Å². The molecule has 5 heteroatoms. The van der Waals surface area contributed by atoms with Crippen LogP contribution in [0.4, 0.5) is 0 Å². The Morgan fingerprint density at radius 1 is 1.16 bits per heavy atom. The van der Waals surface area contributed by atoms with Crippen molar-refractivity contribution >= 4 is 16.8 Å². The molecule has 1 fully saturated rings. The number of H-pyrrole nitrogens is 1. The van der Waals surface area contributed by atoms with Crippen molar-refractivity contribution < 1.29 is 9.90 Å². The molecule has 0 atom stereocenters. The molecule has 1 aromatic carbocycles. The van der Waals surface area contributed by atoms with Gasteiger partial charge in [-0.25, -0.2) is 0 Å². The van der Waals surface area contributed by atoms with Crippen LogP contribution in [0.15, 0.2) is 55.0 Å². The van der Waals surface area contributed by atoms with E-state index in [4.69, 9.17) is 0 Å². The van der Waals surface area contributed by atoms with Gasteiger partial charge in [0.25, 0.3) is 5.91 Å². The zero-order valence-electron chi connectivity index (χ0n) is 14.0. The van der Waals surface area contributed by atoms with E-state index >= 15 is 0 Å². The summed E-state index contributed by atoms with van der Waals surface area (Å²) in [6, 6.07) is 11.6. The number of aromatic amines is 1. The van der Waals surface area contributed by atoms with Crippen LogP contribution >= 0.6 is 0 Å². The van der Waals surface area contributed by atoms with Crippen LogP contribution in [0.2, 0.25) is 0 Å². The zero-order chi connectivity index (χ0) is 17.3. The number of nitrogens with zero attached hydrogens (tertiary/aromatic N) is 2. The average Bonchev–Trinajstić information content (AvgIpc) is 3.10. The molecule has 4 rings (SSSR count). The summed E-state index contributed by atoms with van der Waals surface area (Å²) in [5, 5.41) is 11.9. The maximum atomic E-state index is 12.8. The van der Waals surface area contributed by atoms with Gasteiger partial charge in [0.05, 0.1) is 5.60 Å². The summed E-state index contributed by atoms with van der Waals surface area (Å²) < 4.78 is 0. The number of nitrogens with one attached hydrogen (secondary N) is 1. The van der Waals surface area contributed by atoms with Gasteiger partial charge in [0.15, 0.2) is 0 Å². The van der Waals surface area contributed by atoms with E-state index in [1.165, 1.54) is 0 Å². The molecule has 2 N–H and O–H groups in total. The smallest absolute Gasteiger partial charge is 0.253 e.